The minimum Gasteiger partial charge on any atom is -0.462 e. The molecule has 1 aromatic heterocycles. The zero-order valence-corrected chi connectivity index (χ0v) is 12.4. The Morgan fingerprint density at radius 1 is 1.09 bits per heavy atom. The SMILES string of the molecule is Cc1ccc(CN2C(=O)N/C(=C/c3ccc(C)o3)C2=O)cc1. The van der Waals surface area contributed by atoms with Crippen LogP contribution in [0.5, 0.6) is 0 Å². The Hall–Kier alpha value is -2.82. The highest BCUT2D eigenvalue weighted by atomic mass is 16.3. The number of carbonyl (C=O) groups is 2. The van der Waals surface area contributed by atoms with Gasteiger partial charge in [-0.25, -0.2) is 4.79 Å². The molecule has 5 nitrogen and oxygen atoms in total. The van der Waals surface area contributed by atoms with Crippen LogP contribution in [-0.4, -0.2) is 16.8 Å². The number of nitrogens with one attached hydrogen (secondary N) is 1. The van der Waals surface area contributed by atoms with Gasteiger partial charge in [0.1, 0.15) is 17.2 Å². The minimum atomic E-state index is -0.417. The van der Waals surface area contributed by atoms with E-state index in [2.05, 4.69) is 5.32 Å². The van der Waals surface area contributed by atoms with Crippen LogP contribution in [0.1, 0.15) is 22.6 Å². The molecule has 1 fully saturated rings. The lowest BCUT2D eigenvalue weighted by atomic mass is 10.1. The summed E-state index contributed by atoms with van der Waals surface area (Å²) in [5, 5.41) is 2.58. The Bertz CT molecular complexity index is 756. The van der Waals surface area contributed by atoms with E-state index in [0.29, 0.717) is 5.76 Å². The maximum absolute atomic E-state index is 12.3. The zero-order chi connectivity index (χ0) is 15.7. The lowest BCUT2D eigenvalue weighted by Gasteiger charge is -2.11. The van der Waals surface area contributed by atoms with E-state index >= 15 is 0 Å². The van der Waals surface area contributed by atoms with Crippen molar-refractivity contribution >= 4 is 18.0 Å². The number of furan rings is 1. The minimum absolute atomic E-state index is 0.228. The molecule has 0 aliphatic carbocycles. The van der Waals surface area contributed by atoms with E-state index in [1.165, 1.54) is 4.90 Å². The summed E-state index contributed by atoms with van der Waals surface area (Å²) in [4.78, 5) is 25.5. The van der Waals surface area contributed by atoms with Crippen LogP contribution >= 0.6 is 0 Å². The van der Waals surface area contributed by atoms with Crippen molar-refractivity contribution in [3.05, 3.63) is 64.7 Å². The number of imide groups is 1. The number of amides is 3. The number of hydrogen-bond acceptors (Lipinski definition) is 3. The summed E-state index contributed by atoms with van der Waals surface area (Å²) in [5.74, 6) is 0.943. The van der Waals surface area contributed by atoms with Crippen molar-refractivity contribution in [2.24, 2.45) is 0 Å². The average molecular weight is 296 g/mol. The quantitative estimate of drug-likeness (QED) is 0.699. The first kappa shape index (κ1) is 14.1. The summed E-state index contributed by atoms with van der Waals surface area (Å²) >= 11 is 0. The highest BCUT2D eigenvalue weighted by Crippen LogP contribution is 2.18. The first-order chi connectivity index (χ1) is 10.5. The van der Waals surface area contributed by atoms with Gasteiger partial charge in [-0.05, 0) is 31.5 Å². The smallest absolute Gasteiger partial charge is 0.329 e. The fourth-order valence-electron chi connectivity index (χ4n) is 2.26. The van der Waals surface area contributed by atoms with Crippen LogP contribution in [0.15, 0.2) is 46.5 Å². The molecule has 0 unspecified atom stereocenters. The number of aryl methyl sites for hydroxylation is 2. The van der Waals surface area contributed by atoms with Gasteiger partial charge in [-0.2, -0.15) is 0 Å². The van der Waals surface area contributed by atoms with Crippen molar-refractivity contribution in [3.63, 3.8) is 0 Å². The summed E-state index contributed by atoms with van der Waals surface area (Å²) in [5.41, 5.74) is 2.27. The zero-order valence-electron chi connectivity index (χ0n) is 12.4. The third kappa shape index (κ3) is 2.79. The summed E-state index contributed by atoms with van der Waals surface area (Å²) < 4.78 is 5.40. The predicted octanol–water partition coefficient (Wildman–Crippen LogP) is 2.99. The van der Waals surface area contributed by atoms with Gasteiger partial charge < -0.3 is 9.73 Å². The Morgan fingerprint density at radius 2 is 1.82 bits per heavy atom. The Labute approximate surface area is 128 Å². The molecular formula is C17H16N2O3. The topological polar surface area (TPSA) is 62.6 Å². The largest absolute Gasteiger partial charge is 0.462 e. The monoisotopic (exact) mass is 296 g/mol. The standard InChI is InChI=1S/C17H16N2O3/c1-11-3-6-13(7-4-11)10-19-16(20)15(18-17(19)21)9-14-8-5-12(2)22-14/h3-9H,10H2,1-2H3,(H,18,21)/b15-9+. The van der Waals surface area contributed by atoms with Crippen LogP contribution in [0.4, 0.5) is 4.79 Å². The summed E-state index contributed by atoms with van der Waals surface area (Å²) in [6, 6.07) is 10.9. The molecule has 3 rings (SSSR count). The van der Waals surface area contributed by atoms with Crippen molar-refractivity contribution in [2.75, 3.05) is 0 Å². The van der Waals surface area contributed by atoms with Gasteiger partial charge in [0, 0.05) is 6.08 Å². The molecule has 0 radical (unpaired) electrons. The van der Waals surface area contributed by atoms with Gasteiger partial charge in [0.2, 0.25) is 0 Å². The van der Waals surface area contributed by atoms with Crippen LogP contribution < -0.4 is 5.32 Å². The van der Waals surface area contributed by atoms with Crippen LogP contribution in [0.3, 0.4) is 0 Å². The maximum atomic E-state index is 12.3. The number of benzene rings is 1. The van der Waals surface area contributed by atoms with Crippen LogP contribution in [0.2, 0.25) is 0 Å². The molecule has 0 spiro atoms. The summed E-state index contributed by atoms with van der Waals surface area (Å²) in [6.45, 7) is 4.06. The highest BCUT2D eigenvalue weighted by Gasteiger charge is 2.33. The van der Waals surface area contributed by atoms with Crippen molar-refractivity contribution in [2.45, 2.75) is 20.4 Å². The molecule has 3 amide bonds. The van der Waals surface area contributed by atoms with Crippen molar-refractivity contribution in [3.8, 4) is 0 Å². The molecule has 1 N–H and O–H groups in total. The normalized spacial score (nSPS) is 16.5. The van der Waals surface area contributed by atoms with Crippen molar-refractivity contribution in [1.29, 1.82) is 0 Å². The Balaban J connectivity index is 1.79. The molecule has 22 heavy (non-hydrogen) atoms. The van der Waals surface area contributed by atoms with Crippen molar-refractivity contribution < 1.29 is 14.0 Å². The lowest BCUT2D eigenvalue weighted by molar-refractivity contribution is -0.123. The second-order valence-electron chi connectivity index (χ2n) is 5.31. The van der Waals surface area contributed by atoms with Gasteiger partial charge in [-0.1, -0.05) is 29.8 Å². The third-order valence-electron chi connectivity index (χ3n) is 3.47. The average Bonchev–Trinajstić information content (AvgIpc) is 3.00. The molecule has 0 atom stereocenters. The van der Waals surface area contributed by atoms with Crippen molar-refractivity contribution in [1.82, 2.24) is 10.2 Å². The summed E-state index contributed by atoms with van der Waals surface area (Å²) in [6.07, 6.45) is 1.54. The van der Waals surface area contributed by atoms with E-state index in [4.69, 9.17) is 4.42 Å². The van der Waals surface area contributed by atoms with Crippen LogP contribution in [0.25, 0.3) is 6.08 Å². The molecule has 1 aliphatic heterocycles. The molecule has 2 heterocycles. The number of rotatable bonds is 3. The van der Waals surface area contributed by atoms with Gasteiger partial charge in [-0.3, -0.25) is 9.69 Å². The first-order valence-corrected chi connectivity index (χ1v) is 6.99. The van der Waals surface area contributed by atoms with E-state index < -0.39 is 6.03 Å². The molecule has 1 aromatic carbocycles. The Morgan fingerprint density at radius 3 is 2.45 bits per heavy atom. The second-order valence-corrected chi connectivity index (χ2v) is 5.31. The fourth-order valence-corrected chi connectivity index (χ4v) is 2.26. The number of urea groups is 1. The lowest BCUT2D eigenvalue weighted by Crippen LogP contribution is -2.30. The number of carbonyl (C=O) groups excluding carboxylic acids is 2. The van der Waals surface area contributed by atoms with Gasteiger partial charge in [0.05, 0.1) is 6.54 Å². The van der Waals surface area contributed by atoms with E-state index in [9.17, 15) is 9.59 Å². The number of nitrogens with zero attached hydrogens (tertiary/aromatic N) is 1. The molecule has 112 valence electrons. The van der Waals surface area contributed by atoms with E-state index in [0.717, 1.165) is 16.9 Å². The second kappa shape index (κ2) is 5.52. The van der Waals surface area contributed by atoms with Crippen LogP contribution in [0, 0.1) is 13.8 Å². The maximum Gasteiger partial charge on any atom is 0.329 e. The molecule has 0 bridgehead atoms. The summed E-state index contributed by atoms with van der Waals surface area (Å²) in [7, 11) is 0. The van der Waals surface area contributed by atoms with Gasteiger partial charge >= 0.3 is 6.03 Å². The van der Waals surface area contributed by atoms with Gasteiger partial charge in [-0.15, -0.1) is 0 Å². The van der Waals surface area contributed by atoms with Gasteiger partial charge in [0.25, 0.3) is 5.91 Å². The highest BCUT2D eigenvalue weighted by molar-refractivity contribution is 6.13. The molecule has 1 aliphatic rings. The third-order valence-corrected chi connectivity index (χ3v) is 3.47. The predicted molar refractivity (Wildman–Crippen MR) is 81.7 cm³/mol. The first-order valence-electron chi connectivity index (χ1n) is 6.99. The molecule has 2 aromatic rings. The fraction of sp³-hybridized carbons (Fsp3) is 0.176. The molecule has 1 saturated heterocycles. The molecule has 5 heteroatoms. The molecular weight excluding hydrogens is 280 g/mol. The number of hydrogen-bond donors (Lipinski definition) is 1. The van der Waals surface area contributed by atoms with E-state index in [-0.39, 0.29) is 18.1 Å². The van der Waals surface area contributed by atoms with E-state index in [1.54, 1.807) is 18.2 Å². The Kier molecular flexibility index (Phi) is 3.55. The van der Waals surface area contributed by atoms with Crippen LogP contribution in [-0.2, 0) is 11.3 Å². The molecule has 0 saturated carbocycles. The van der Waals surface area contributed by atoms with E-state index in [1.807, 2.05) is 38.1 Å². The van der Waals surface area contributed by atoms with Gasteiger partial charge in [0.15, 0.2) is 0 Å².